The zero-order valence-electron chi connectivity index (χ0n) is 10.2. The average Bonchev–Trinajstić information content (AvgIpc) is 3.08. The zero-order valence-corrected chi connectivity index (χ0v) is 11.9. The van der Waals surface area contributed by atoms with Crippen molar-refractivity contribution in [1.29, 1.82) is 0 Å². The summed E-state index contributed by atoms with van der Waals surface area (Å²) in [5.74, 6) is 1.18. The summed E-state index contributed by atoms with van der Waals surface area (Å²) >= 11 is 2.98. The molecule has 4 nitrogen and oxygen atoms in total. The number of thiophene rings is 1. The molecule has 3 aromatic rings. The van der Waals surface area contributed by atoms with Gasteiger partial charge in [0.1, 0.15) is 5.82 Å². The summed E-state index contributed by atoms with van der Waals surface area (Å²) in [6.07, 6.45) is 0. The number of nitrogens with zero attached hydrogens (tertiary/aromatic N) is 2. The molecule has 0 bridgehead atoms. The number of nitrogens with two attached hydrogens (primary N) is 1. The van der Waals surface area contributed by atoms with Gasteiger partial charge in [0.05, 0.1) is 10.6 Å². The Morgan fingerprint density at radius 2 is 2.20 bits per heavy atom. The van der Waals surface area contributed by atoms with E-state index in [0.29, 0.717) is 23.2 Å². The maximum absolute atomic E-state index is 12.9. The molecule has 2 aromatic heterocycles. The van der Waals surface area contributed by atoms with Crippen LogP contribution in [0.3, 0.4) is 0 Å². The Balaban J connectivity index is 1.70. The van der Waals surface area contributed by atoms with Crippen LogP contribution in [0.2, 0.25) is 0 Å². The highest BCUT2D eigenvalue weighted by molar-refractivity contribution is 7.98. The van der Waals surface area contributed by atoms with Gasteiger partial charge in [0.25, 0.3) is 5.89 Å². The second-order valence-corrected chi connectivity index (χ2v) is 5.91. The van der Waals surface area contributed by atoms with E-state index < -0.39 is 0 Å². The molecule has 0 aliphatic carbocycles. The van der Waals surface area contributed by atoms with Crippen molar-refractivity contribution in [3.8, 4) is 10.8 Å². The third-order valence-corrected chi connectivity index (χ3v) is 4.45. The van der Waals surface area contributed by atoms with E-state index in [0.717, 1.165) is 9.77 Å². The van der Waals surface area contributed by atoms with Gasteiger partial charge in [-0.25, -0.2) is 4.39 Å². The lowest BCUT2D eigenvalue weighted by molar-refractivity contribution is 0.529. The van der Waals surface area contributed by atoms with Crippen molar-refractivity contribution in [3.05, 3.63) is 47.4 Å². The van der Waals surface area contributed by atoms with Crippen LogP contribution in [0.4, 0.5) is 10.1 Å². The molecule has 7 heteroatoms. The molecule has 0 fully saturated rings. The van der Waals surface area contributed by atoms with E-state index in [2.05, 4.69) is 10.2 Å². The smallest absolute Gasteiger partial charge is 0.257 e. The minimum Gasteiger partial charge on any atom is -0.419 e. The lowest BCUT2D eigenvalue weighted by Crippen LogP contribution is -1.90. The summed E-state index contributed by atoms with van der Waals surface area (Å²) < 4.78 is 18.5. The monoisotopic (exact) mass is 307 g/mol. The highest BCUT2D eigenvalue weighted by atomic mass is 32.2. The standard InChI is InChI=1S/C13H10FN3OS2/c14-8-3-4-10(9(15)6-8)20-7-12-16-17-13(18-12)11-2-1-5-19-11/h1-6H,7,15H2. The summed E-state index contributed by atoms with van der Waals surface area (Å²) in [4.78, 5) is 1.73. The van der Waals surface area contributed by atoms with Gasteiger partial charge in [0.15, 0.2) is 0 Å². The first-order valence-electron chi connectivity index (χ1n) is 5.76. The van der Waals surface area contributed by atoms with Crippen molar-refractivity contribution in [1.82, 2.24) is 10.2 Å². The first-order chi connectivity index (χ1) is 9.72. The molecule has 2 N–H and O–H groups in total. The molecule has 1 aromatic carbocycles. The number of aromatic nitrogens is 2. The molecule has 0 saturated carbocycles. The van der Waals surface area contributed by atoms with Crippen molar-refractivity contribution in [3.63, 3.8) is 0 Å². The summed E-state index contributed by atoms with van der Waals surface area (Å²) in [6.45, 7) is 0. The van der Waals surface area contributed by atoms with Crippen molar-refractivity contribution >= 4 is 28.8 Å². The molecule has 20 heavy (non-hydrogen) atoms. The van der Waals surface area contributed by atoms with Gasteiger partial charge in [0.2, 0.25) is 5.89 Å². The second kappa shape index (κ2) is 5.64. The molecule has 0 aliphatic heterocycles. The summed E-state index contributed by atoms with van der Waals surface area (Å²) in [5, 5.41) is 9.94. The largest absolute Gasteiger partial charge is 0.419 e. The van der Waals surface area contributed by atoms with Crippen LogP contribution in [0.5, 0.6) is 0 Å². The number of nitrogen functional groups attached to an aromatic ring is 1. The highest BCUT2D eigenvalue weighted by Gasteiger charge is 2.10. The van der Waals surface area contributed by atoms with Crippen LogP contribution in [0.25, 0.3) is 10.8 Å². The third kappa shape index (κ3) is 2.83. The lowest BCUT2D eigenvalue weighted by atomic mass is 10.3. The van der Waals surface area contributed by atoms with E-state index in [1.54, 1.807) is 17.4 Å². The van der Waals surface area contributed by atoms with Gasteiger partial charge in [0, 0.05) is 10.6 Å². The number of rotatable bonds is 4. The Kier molecular flexibility index (Phi) is 3.70. The Hall–Kier alpha value is -1.86. The van der Waals surface area contributed by atoms with Crippen LogP contribution < -0.4 is 5.73 Å². The maximum Gasteiger partial charge on any atom is 0.257 e. The predicted molar refractivity (Wildman–Crippen MR) is 78.0 cm³/mol. The lowest BCUT2D eigenvalue weighted by Gasteiger charge is -2.02. The Morgan fingerprint density at radius 1 is 1.30 bits per heavy atom. The van der Waals surface area contributed by atoms with E-state index in [9.17, 15) is 4.39 Å². The number of benzene rings is 1. The predicted octanol–water partition coefficient (Wildman–Crippen LogP) is 3.81. The molecule has 0 amide bonds. The minimum absolute atomic E-state index is 0.343. The SMILES string of the molecule is Nc1cc(F)ccc1SCc1nnc(-c2cccs2)o1. The van der Waals surface area contributed by atoms with Crippen LogP contribution in [0, 0.1) is 5.82 Å². The number of halogens is 1. The summed E-state index contributed by atoms with van der Waals surface area (Å²) in [6, 6.07) is 8.17. The first kappa shape index (κ1) is 13.1. The molecular formula is C13H10FN3OS2. The Bertz CT molecular complexity index is 712. The quantitative estimate of drug-likeness (QED) is 0.586. The van der Waals surface area contributed by atoms with Gasteiger partial charge in [-0.2, -0.15) is 0 Å². The van der Waals surface area contributed by atoms with Crippen LogP contribution in [0.1, 0.15) is 5.89 Å². The van der Waals surface area contributed by atoms with Gasteiger partial charge in [-0.15, -0.1) is 33.3 Å². The van der Waals surface area contributed by atoms with Gasteiger partial charge in [-0.1, -0.05) is 6.07 Å². The van der Waals surface area contributed by atoms with Crippen LogP contribution in [-0.2, 0) is 5.75 Å². The van der Waals surface area contributed by atoms with E-state index in [-0.39, 0.29) is 5.82 Å². The average molecular weight is 307 g/mol. The van der Waals surface area contributed by atoms with Crippen LogP contribution in [-0.4, -0.2) is 10.2 Å². The fourth-order valence-electron chi connectivity index (χ4n) is 1.60. The highest BCUT2D eigenvalue weighted by Crippen LogP contribution is 2.29. The van der Waals surface area contributed by atoms with Crippen molar-refractivity contribution < 1.29 is 8.81 Å². The molecule has 0 saturated heterocycles. The molecule has 0 unspecified atom stereocenters. The fourth-order valence-corrected chi connectivity index (χ4v) is 3.03. The van der Waals surface area contributed by atoms with Crippen molar-refractivity contribution in [2.75, 3.05) is 5.73 Å². The molecule has 102 valence electrons. The molecule has 0 radical (unpaired) electrons. The molecule has 0 aliphatic rings. The number of anilines is 1. The third-order valence-electron chi connectivity index (χ3n) is 2.52. The number of hydrogen-bond donors (Lipinski definition) is 1. The van der Waals surface area contributed by atoms with Crippen molar-refractivity contribution in [2.24, 2.45) is 0 Å². The van der Waals surface area contributed by atoms with Gasteiger partial charge >= 0.3 is 0 Å². The molecule has 2 heterocycles. The molecular weight excluding hydrogens is 297 g/mol. The Labute approximate surface area is 122 Å². The number of thioether (sulfide) groups is 1. The van der Waals surface area contributed by atoms with Crippen molar-refractivity contribution in [2.45, 2.75) is 10.6 Å². The zero-order chi connectivity index (χ0) is 13.9. The van der Waals surface area contributed by atoms with E-state index in [4.69, 9.17) is 10.2 Å². The summed E-state index contributed by atoms with van der Waals surface area (Å²) in [5.41, 5.74) is 6.15. The first-order valence-corrected chi connectivity index (χ1v) is 7.63. The minimum atomic E-state index is -0.343. The molecule has 3 rings (SSSR count). The van der Waals surface area contributed by atoms with Gasteiger partial charge in [-0.05, 0) is 29.6 Å². The second-order valence-electron chi connectivity index (χ2n) is 3.95. The van der Waals surface area contributed by atoms with E-state index in [1.807, 2.05) is 17.5 Å². The maximum atomic E-state index is 12.9. The van der Waals surface area contributed by atoms with E-state index in [1.165, 1.54) is 23.9 Å². The normalized spacial score (nSPS) is 10.8. The van der Waals surface area contributed by atoms with Crippen LogP contribution in [0.15, 0.2) is 45.0 Å². The van der Waals surface area contributed by atoms with Gasteiger partial charge < -0.3 is 10.2 Å². The summed E-state index contributed by atoms with van der Waals surface area (Å²) in [7, 11) is 0. The number of hydrogen-bond acceptors (Lipinski definition) is 6. The molecule has 0 spiro atoms. The fraction of sp³-hybridized carbons (Fsp3) is 0.0769. The molecule has 0 atom stereocenters. The van der Waals surface area contributed by atoms with Gasteiger partial charge in [-0.3, -0.25) is 0 Å². The topological polar surface area (TPSA) is 64.9 Å². The van der Waals surface area contributed by atoms with Crippen LogP contribution >= 0.6 is 23.1 Å². The Morgan fingerprint density at radius 3 is 2.95 bits per heavy atom. The van der Waals surface area contributed by atoms with E-state index >= 15 is 0 Å².